The molecule has 0 fully saturated rings. The number of amides is 2. The second kappa shape index (κ2) is 9.20. The Bertz CT molecular complexity index is 364. The van der Waals surface area contributed by atoms with Gasteiger partial charge in [-0.3, -0.25) is 4.90 Å². The predicted molar refractivity (Wildman–Crippen MR) is 80.3 cm³/mol. The third-order valence-electron chi connectivity index (χ3n) is 2.85. The fraction of sp³-hybridized carbons (Fsp3) is 0.438. The maximum atomic E-state index is 12.2. The summed E-state index contributed by atoms with van der Waals surface area (Å²) in [5.74, 6) is 0. The van der Waals surface area contributed by atoms with Gasteiger partial charge in [-0.2, -0.15) is 0 Å². The Morgan fingerprint density at radius 3 is 2.26 bits per heavy atom. The number of allylic oxidation sites excluding steroid dienone is 5. The molecule has 0 spiro atoms. The monoisotopic (exact) mass is 260 g/mol. The Balaban J connectivity index is 0.000000861. The highest BCUT2D eigenvalue weighted by molar-refractivity contribution is 5.77. The van der Waals surface area contributed by atoms with E-state index in [-0.39, 0.29) is 6.03 Å². The molecular formula is C16H24N2O. The van der Waals surface area contributed by atoms with E-state index in [1.54, 1.807) is 22.2 Å². The van der Waals surface area contributed by atoms with Gasteiger partial charge in [0, 0.05) is 25.1 Å². The van der Waals surface area contributed by atoms with Crippen LogP contribution in [-0.4, -0.2) is 22.4 Å². The molecule has 0 aromatic heterocycles. The molecule has 2 aliphatic heterocycles. The number of urea groups is 1. The molecule has 0 saturated carbocycles. The molecule has 0 N–H and O–H groups in total. The minimum Gasteiger partial charge on any atom is -0.301 e. The van der Waals surface area contributed by atoms with Crippen molar-refractivity contribution < 1.29 is 4.79 Å². The van der Waals surface area contributed by atoms with Crippen molar-refractivity contribution in [2.45, 2.75) is 39.5 Å². The van der Waals surface area contributed by atoms with Gasteiger partial charge in [-0.25, -0.2) is 4.79 Å². The van der Waals surface area contributed by atoms with Crippen molar-refractivity contribution in [3.63, 3.8) is 0 Å². The van der Waals surface area contributed by atoms with Gasteiger partial charge in [-0.05, 0) is 31.4 Å². The number of carbonyl (C=O) groups excluding carboxylic acids is 1. The van der Waals surface area contributed by atoms with E-state index in [0.29, 0.717) is 0 Å². The van der Waals surface area contributed by atoms with E-state index in [1.165, 1.54) is 12.8 Å². The Morgan fingerprint density at radius 2 is 1.58 bits per heavy atom. The molecule has 19 heavy (non-hydrogen) atoms. The largest absolute Gasteiger partial charge is 0.332 e. The van der Waals surface area contributed by atoms with Crippen molar-refractivity contribution in [3.8, 4) is 0 Å². The van der Waals surface area contributed by atoms with Crippen LogP contribution in [0, 0.1) is 0 Å². The average molecular weight is 260 g/mol. The first-order valence-corrected chi connectivity index (χ1v) is 7.15. The van der Waals surface area contributed by atoms with Crippen LogP contribution >= 0.6 is 0 Å². The summed E-state index contributed by atoms with van der Waals surface area (Å²) in [6.07, 6.45) is 19.7. The third kappa shape index (κ3) is 5.16. The lowest BCUT2D eigenvalue weighted by atomic mass is 10.1. The highest BCUT2D eigenvalue weighted by Gasteiger charge is 2.16. The zero-order valence-corrected chi connectivity index (χ0v) is 12.0. The van der Waals surface area contributed by atoms with Gasteiger partial charge < -0.3 is 4.90 Å². The van der Waals surface area contributed by atoms with Gasteiger partial charge in [0.15, 0.2) is 0 Å². The molecule has 0 aliphatic carbocycles. The highest BCUT2D eigenvalue weighted by Crippen LogP contribution is 2.11. The van der Waals surface area contributed by atoms with Crippen LogP contribution in [0.15, 0.2) is 49.0 Å². The Labute approximate surface area is 116 Å². The summed E-state index contributed by atoms with van der Waals surface area (Å²) in [5, 5.41) is 0. The van der Waals surface area contributed by atoms with Crippen LogP contribution in [0.2, 0.25) is 0 Å². The molecule has 0 atom stereocenters. The summed E-state index contributed by atoms with van der Waals surface area (Å²) in [5.41, 5.74) is 0. The van der Waals surface area contributed by atoms with Crippen molar-refractivity contribution in [3.05, 3.63) is 49.0 Å². The molecule has 0 radical (unpaired) electrons. The quantitative estimate of drug-likeness (QED) is 0.632. The summed E-state index contributed by atoms with van der Waals surface area (Å²) in [4.78, 5) is 15.6. The van der Waals surface area contributed by atoms with Crippen molar-refractivity contribution >= 4 is 6.03 Å². The molecule has 0 aromatic carbocycles. The van der Waals surface area contributed by atoms with Crippen LogP contribution in [0.5, 0.6) is 0 Å². The van der Waals surface area contributed by atoms with E-state index in [2.05, 4.69) is 6.08 Å². The Hall–Kier alpha value is -1.77. The van der Waals surface area contributed by atoms with E-state index in [0.717, 1.165) is 19.4 Å². The van der Waals surface area contributed by atoms with Crippen LogP contribution in [-0.2, 0) is 0 Å². The van der Waals surface area contributed by atoms with Crippen molar-refractivity contribution in [1.82, 2.24) is 9.80 Å². The van der Waals surface area contributed by atoms with Gasteiger partial charge in [0.2, 0.25) is 0 Å². The van der Waals surface area contributed by atoms with E-state index in [4.69, 9.17) is 0 Å². The molecule has 104 valence electrons. The van der Waals surface area contributed by atoms with Gasteiger partial charge in [-0.15, -0.1) is 0 Å². The lowest BCUT2D eigenvalue weighted by Gasteiger charge is -2.24. The molecule has 3 nitrogen and oxygen atoms in total. The summed E-state index contributed by atoms with van der Waals surface area (Å²) in [7, 11) is 0. The molecular weight excluding hydrogens is 236 g/mol. The van der Waals surface area contributed by atoms with Crippen LogP contribution < -0.4 is 0 Å². The van der Waals surface area contributed by atoms with E-state index in [9.17, 15) is 4.79 Å². The molecule has 0 saturated heterocycles. The molecule has 3 heteroatoms. The molecule has 2 heterocycles. The number of hydrogen-bond donors (Lipinski definition) is 0. The van der Waals surface area contributed by atoms with Gasteiger partial charge >= 0.3 is 6.03 Å². The van der Waals surface area contributed by atoms with Gasteiger partial charge in [0.25, 0.3) is 0 Å². The molecule has 0 unspecified atom stereocenters. The molecule has 0 bridgehead atoms. The van der Waals surface area contributed by atoms with Crippen LogP contribution in [0.3, 0.4) is 0 Å². The smallest absolute Gasteiger partial charge is 0.301 e. The minimum absolute atomic E-state index is 0.0133. The lowest BCUT2D eigenvalue weighted by Crippen LogP contribution is -2.35. The first-order valence-electron chi connectivity index (χ1n) is 7.15. The zero-order chi connectivity index (χ0) is 13.9. The van der Waals surface area contributed by atoms with Crippen LogP contribution in [0.4, 0.5) is 4.79 Å². The Kier molecular flexibility index (Phi) is 7.40. The molecule has 2 aliphatic rings. The third-order valence-corrected chi connectivity index (χ3v) is 2.85. The first-order chi connectivity index (χ1) is 9.38. The fourth-order valence-corrected chi connectivity index (χ4v) is 1.90. The number of carbonyl (C=O) groups is 1. The minimum atomic E-state index is 0.0133. The Morgan fingerprint density at radius 1 is 0.895 bits per heavy atom. The van der Waals surface area contributed by atoms with Gasteiger partial charge in [0.1, 0.15) is 0 Å². The normalized spacial score (nSPS) is 19.9. The topological polar surface area (TPSA) is 23.6 Å². The maximum Gasteiger partial charge on any atom is 0.332 e. The van der Waals surface area contributed by atoms with Crippen molar-refractivity contribution in [2.24, 2.45) is 0 Å². The number of hydrogen-bond acceptors (Lipinski definition) is 1. The van der Waals surface area contributed by atoms with Crippen molar-refractivity contribution in [1.29, 1.82) is 0 Å². The summed E-state index contributed by atoms with van der Waals surface area (Å²) >= 11 is 0. The standard InChI is InChI=1S/C14H18N2O.C2H6/c17-14(16-12-8-4-5-9-13-16)15-10-6-2-1-3-7-11-15;1-2/h4-6,8-10,12-13H,1-3,7,11H2;1-2H3/b10-6-;. The molecule has 2 rings (SSSR count). The highest BCUT2D eigenvalue weighted by atomic mass is 16.2. The van der Waals surface area contributed by atoms with Gasteiger partial charge in [-0.1, -0.05) is 38.5 Å². The lowest BCUT2D eigenvalue weighted by molar-refractivity contribution is 0.197. The number of nitrogens with zero attached hydrogens (tertiary/aromatic N) is 2. The number of rotatable bonds is 0. The van der Waals surface area contributed by atoms with E-state index < -0.39 is 0 Å². The molecule has 2 amide bonds. The predicted octanol–water partition coefficient (Wildman–Crippen LogP) is 4.42. The zero-order valence-electron chi connectivity index (χ0n) is 12.0. The van der Waals surface area contributed by atoms with Gasteiger partial charge in [0.05, 0.1) is 0 Å². The maximum absolute atomic E-state index is 12.2. The fourth-order valence-electron chi connectivity index (χ4n) is 1.90. The first kappa shape index (κ1) is 15.3. The summed E-state index contributed by atoms with van der Waals surface area (Å²) in [6, 6.07) is 0.0133. The van der Waals surface area contributed by atoms with E-state index in [1.807, 2.05) is 44.4 Å². The van der Waals surface area contributed by atoms with Crippen LogP contribution in [0.1, 0.15) is 39.5 Å². The summed E-state index contributed by atoms with van der Waals surface area (Å²) in [6.45, 7) is 4.81. The summed E-state index contributed by atoms with van der Waals surface area (Å²) < 4.78 is 0. The SMILES string of the molecule is CC.O=C(N1C=CC=CC=C1)N1/C=C\CCCCC1. The van der Waals surface area contributed by atoms with Crippen LogP contribution in [0.25, 0.3) is 0 Å². The average Bonchev–Trinajstić information content (AvgIpc) is 2.69. The van der Waals surface area contributed by atoms with E-state index >= 15 is 0 Å². The van der Waals surface area contributed by atoms with Crippen molar-refractivity contribution in [2.75, 3.05) is 6.54 Å². The molecule has 0 aromatic rings. The second-order valence-electron chi connectivity index (χ2n) is 4.19. The second-order valence-corrected chi connectivity index (χ2v) is 4.19.